The molecule has 0 N–H and O–H groups in total. The van der Waals surface area contributed by atoms with Gasteiger partial charge in [0.05, 0.1) is 24.2 Å². The Morgan fingerprint density at radius 2 is 1.39 bits per heavy atom. The third-order valence-corrected chi connectivity index (χ3v) is 5.72. The van der Waals surface area contributed by atoms with E-state index in [1.54, 1.807) is 12.3 Å². The van der Waals surface area contributed by atoms with Crippen LogP contribution < -0.4 is 4.74 Å². The van der Waals surface area contributed by atoms with Gasteiger partial charge in [-0.25, -0.2) is 4.39 Å². The summed E-state index contributed by atoms with van der Waals surface area (Å²) in [4.78, 5) is 9.04. The minimum atomic E-state index is -0.339. The van der Waals surface area contributed by atoms with E-state index in [9.17, 15) is 4.39 Å². The molecule has 0 aliphatic rings. The molecule has 0 amide bonds. The van der Waals surface area contributed by atoms with Gasteiger partial charge in [0.15, 0.2) is 11.6 Å². The zero-order chi connectivity index (χ0) is 22.2. The predicted octanol–water partition coefficient (Wildman–Crippen LogP) is 8.32. The fraction of sp³-hybridized carbons (Fsp3) is 0.630. The molecule has 0 saturated carbocycles. The predicted molar refractivity (Wildman–Crippen MR) is 128 cm³/mol. The van der Waals surface area contributed by atoms with Crippen molar-refractivity contribution >= 4 is 0 Å². The summed E-state index contributed by atoms with van der Waals surface area (Å²) in [5.41, 5.74) is 2.45. The van der Waals surface area contributed by atoms with Crippen molar-refractivity contribution in [2.24, 2.45) is 0 Å². The molecule has 2 rings (SSSR count). The molecule has 1 aromatic carbocycles. The van der Waals surface area contributed by atoms with Crippen LogP contribution in [0.25, 0.3) is 11.3 Å². The third kappa shape index (κ3) is 10.3. The van der Waals surface area contributed by atoms with E-state index in [1.807, 2.05) is 12.3 Å². The van der Waals surface area contributed by atoms with E-state index in [-0.39, 0.29) is 5.82 Å². The van der Waals surface area contributed by atoms with Crippen LogP contribution in [-0.2, 0) is 6.42 Å². The van der Waals surface area contributed by atoms with E-state index in [4.69, 9.17) is 4.74 Å². The Labute approximate surface area is 188 Å². The van der Waals surface area contributed by atoms with E-state index in [0.29, 0.717) is 18.1 Å². The van der Waals surface area contributed by atoms with Crippen LogP contribution in [0.4, 0.5) is 4.39 Å². The Kier molecular flexibility index (Phi) is 12.9. The molecule has 0 atom stereocenters. The first-order valence-electron chi connectivity index (χ1n) is 12.5. The maximum atomic E-state index is 14.4. The Morgan fingerprint density at radius 3 is 2.00 bits per heavy atom. The summed E-state index contributed by atoms with van der Waals surface area (Å²) in [7, 11) is 0. The highest BCUT2D eigenvalue weighted by molar-refractivity contribution is 5.59. The van der Waals surface area contributed by atoms with Crippen molar-refractivity contribution in [2.45, 2.75) is 104 Å². The second-order valence-electron chi connectivity index (χ2n) is 8.53. The van der Waals surface area contributed by atoms with Crippen LogP contribution in [0.3, 0.4) is 0 Å². The molecule has 4 heteroatoms. The highest BCUT2D eigenvalue weighted by atomic mass is 19.1. The van der Waals surface area contributed by atoms with Gasteiger partial charge in [-0.2, -0.15) is 0 Å². The normalized spacial score (nSPS) is 11.1. The molecule has 1 aromatic heterocycles. The molecule has 1 heterocycles. The van der Waals surface area contributed by atoms with Gasteiger partial charge in [0.2, 0.25) is 0 Å². The van der Waals surface area contributed by atoms with Gasteiger partial charge < -0.3 is 4.74 Å². The standard InChI is InChI=1S/C27H41FN2O/c1-3-5-7-9-10-11-12-13-14-16-24-21-30-26(22-29-24)23-17-18-27(25(28)20-23)31-19-15-8-6-4-2/h17-18,20-22H,3-16,19H2,1-2H3. The minimum absolute atomic E-state index is 0.315. The fourth-order valence-electron chi connectivity index (χ4n) is 3.74. The molecule has 0 fully saturated rings. The topological polar surface area (TPSA) is 35.0 Å². The van der Waals surface area contributed by atoms with Crippen LogP contribution in [0.5, 0.6) is 5.75 Å². The number of halogens is 1. The van der Waals surface area contributed by atoms with Crippen LogP contribution in [0.15, 0.2) is 30.6 Å². The molecular weight excluding hydrogens is 387 g/mol. The highest BCUT2D eigenvalue weighted by Crippen LogP contribution is 2.24. The van der Waals surface area contributed by atoms with Crippen molar-refractivity contribution in [1.82, 2.24) is 9.97 Å². The first kappa shape index (κ1) is 25.3. The molecule has 0 radical (unpaired) electrons. The lowest BCUT2D eigenvalue weighted by Gasteiger charge is -2.09. The van der Waals surface area contributed by atoms with Crippen LogP contribution in [0.1, 0.15) is 103 Å². The molecule has 0 spiro atoms. The molecule has 0 aliphatic heterocycles. The number of aromatic nitrogens is 2. The lowest BCUT2D eigenvalue weighted by atomic mass is 10.1. The van der Waals surface area contributed by atoms with Gasteiger partial charge in [0.25, 0.3) is 0 Å². The molecule has 31 heavy (non-hydrogen) atoms. The second kappa shape index (κ2) is 15.8. The quantitative estimate of drug-likeness (QED) is 0.238. The highest BCUT2D eigenvalue weighted by Gasteiger charge is 2.08. The molecule has 3 nitrogen and oxygen atoms in total. The molecule has 0 unspecified atom stereocenters. The van der Waals surface area contributed by atoms with Gasteiger partial charge in [-0.05, 0) is 37.5 Å². The largest absolute Gasteiger partial charge is 0.491 e. The first-order chi connectivity index (χ1) is 15.2. The van der Waals surface area contributed by atoms with Crippen molar-refractivity contribution in [3.05, 3.63) is 42.1 Å². The maximum absolute atomic E-state index is 14.4. The summed E-state index contributed by atoms with van der Waals surface area (Å²) in [6, 6.07) is 5.04. The average Bonchev–Trinajstić information content (AvgIpc) is 2.79. The van der Waals surface area contributed by atoms with Gasteiger partial charge in [-0.3, -0.25) is 9.97 Å². The average molecular weight is 429 g/mol. The number of hydrogen-bond donors (Lipinski definition) is 0. The number of rotatable bonds is 17. The Hall–Kier alpha value is -1.97. The van der Waals surface area contributed by atoms with E-state index in [2.05, 4.69) is 23.8 Å². The summed E-state index contributed by atoms with van der Waals surface area (Å²) in [6.07, 6.45) is 20.9. The molecule has 0 bridgehead atoms. The van der Waals surface area contributed by atoms with Gasteiger partial charge >= 0.3 is 0 Å². The zero-order valence-corrected chi connectivity index (χ0v) is 19.7. The monoisotopic (exact) mass is 428 g/mol. The van der Waals surface area contributed by atoms with Crippen molar-refractivity contribution < 1.29 is 9.13 Å². The summed E-state index contributed by atoms with van der Waals surface area (Å²) in [5, 5.41) is 0. The van der Waals surface area contributed by atoms with E-state index >= 15 is 0 Å². The summed E-state index contributed by atoms with van der Waals surface area (Å²) in [5.74, 6) is -0.0243. The number of aryl methyl sites for hydroxylation is 1. The number of unbranched alkanes of at least 4 members (excludes halogenated alkanes) is 11. The van der Waals surface area contributed by atoms with Crippen molar-refractivity contribution in [3.63, 3.8) is 0 Å². The Balaban J connectivity index is 1.70. The Morgan fingerprint density at radius 1 is 0.742 bits per heavy atom. The number of ether oxygens (including phenoxy) is 1. The SMILES string of the molecule is CCCCCCCCCCCc1cnc(-c2ccc(OCCCCCC)c(F)c2)cn1. The molecule has 0 aliphatic carbocycles. The van der Waals surface area contributed by atoms with Crippen molar-refractivity contribution in [1.29, 1.82) is 0 Å². The van der Waals surface area contributed by atoms with Crippen LogP contribution in [-0.4, -0.2) is 16.6 Å². The van der Waals surface area contributed by atoms with Crippen LogP contribution in [0, 0.1) is 5.82 Å². The van der Waals surface area contributed by atoms with Crippen LogP contribution >= 0.6 is 0 Å². The molecule has 172 valence electrons. The van der Waals surface area contributed by atoms with E-state index in [0.717, 1.165) is 36.9 Å². The van der Waals surface area contributed by atoms with Crippen LogP contribution in [0.2, 0.25) is 0 Å². The van der Waals surface area contributed by atoms with E-state index < -0.39 is 0 Å². The number of benzene rings is 1. The van der Waals surface area contributed by atoms with Gasteiger partial charge in [0, 0.05) is 11.8 Å². The Bertz CT molecular complexity index is 718. The second-order valence-corrected chi connectivity index (χ2v) is 8.53. The molecular formula is C27H41FN2O. The lowest BCUT2D eigenvalue weighted by molar-refractivity contribution is 0.290. The summed E-state index contributed by atoms with van der Waals surface area (Å²) in [6.45, 7) is 4.99. The first-order valence-corrected chi connectivity index (χ1v) is 12.5. The van der Waals surface area contributed by atoms with Crippen molar-refractivity contribution in [2.75, 3.05) is 6.61 Å². The minimum Gasteiger partial charge on any atom is -0.491 e. The maximum Gasteiger partial charge on any atom is 0.165 e. The summed E-state index contributed by atoms with van der Waals surface area (Å²) < 4.78 is 20.0. The number of nitrogens with zero attached hydrogens (tertiary/aromatic N) is 2. The van der Waals surface area contributed by atoms with Gasteiger partial charge in [-0.1, -0.05) is 84.5 Å². The van der Waals surface area contributed by atoms with E-state index in [1.165, 1.54) is 70.3 Å². The molecule has 2 aromatic rings. The lowest BCUT2D eigenvalue weighted by Crippen LogP contribution is -2.00. The smallest absolute Gasteiger partial charge is 0.165 e. The molecule has 0 saturated heterocycles. The van der Waals surface area contributed by atoms with Crippen molar-refractivity contribution in [3.8, 4) is 17.0 Å². The summed E-state index contributed by atoms with van der Waals surface area (Å²) >= 11 is 0. The van der Waals surface area contributed by atoms with Gasteiger partial charge in [-0.15, -0.1) is 0 Å². The third-order valence-electron chi connectivity index (χ3n) is 5.72. The zero-order valence-electron chi connectivity index (χ0n) is 19.7. The van der Waals surface area contributed by atoms with Gasteiger partial charge in [0.1, 0.15) is 0 Å². The number of hydrogen-bond acceptors (Lipinski definition) is 3. The fourth-order valence-corrected chi connectivity index (χ4v) is 3.74.